The minimum Gasteiger partial charge on any atom is -0.464 e. The Morgan fingerprint density at radius 1 is 1.07 bits per heavy atom. The Balaban J connectivity index is 2.01. The fourth-order valence-corrected chi connectivity index (χ4v) is 3.48. The number of fused-ring (bicyclic) bond motifs is 1. The van der Waals surface area contributed by atoms with E-state index in [0.29, 0.717) is 16.6 Å². The van der Waals surface area contributed by atoms with Crippen LogP contribution < -0.4 is 5.32 Å². The van der Waals surface area contributed by atoms with Crippen molar-refractivity contribution in [3.63, 3.8) is 0 Å². The fourth-order valence-electron chi connectivity index (χ4n) is 3.29. The molecule has 1 saturated heterocycles. The van der Waals surface area contributed by atoms with Crippen LogP contribution in [0.15, 0.2) is 12.5 Å². The molecule has 0 aromatic carbocycles. The molecule has 3 heterocycles. The summed E-state index contributed by atoms with van der Waals surface area (Å²) in [6, 6.07) is -1.18. The van der Waals surface area contributed by atoms with Crippen molar-refractivity contribution in [3.8, 4) is 0 Å². The molecular formula is C17H19ClN4O6. The van der Waals surface area contributed by atoms with Crippen molar-refractivity contribution >= 4 is 40.5 Å². The van der Waals surface area contributed by atoms with E-state index in [9.17, 15) is 14.4 Å². The smallest absolute Gasteiger partial charge is 0.303 e. The van der Waals surface area contributed by atoms with Gasteiger partial charge in [0.25, 0.3) is 0 Å². The molecule has 2 aromatic rings. The Kier molecular flexibility index (Phi) is 5.80. The van der Waals surface area contributed by atoms with Gasteiger partial charge in [-0.05, 0) is 0 Å². The van der Waals surface area contributed by atoms with Crippen LogP contribution in [-0.4, -0.2) is 57.7 Å². The molecular weight excluding hydrogens is 392 g/mol. The van der Waals surface area contributed by atoms with Gasteiger partial charge in [0.2, 0.25) is 0 Å². The number of halogens is 1. The number of aromatic amines is 1. The summed E-state index contributed by atoms with van der Waals surface area (Å²) in [6.07, 6.45) is 1.25. The summed E-state index contributed by atoms with van der Waals surface area (Å²) >= 11 is 6.09. The summed E-state index contributed by atoms with van der Waals surface area (Å²) in [5.74, 6) is -1.58. The van der Waals surface area contributed by atoms with Crippen LogP contribution in [-0.2, 0) is 28.6 Å². The van der Waals surface area contributed by atoms with Crippen LogP contribution in [0.3, 0.4) is 0 Å². The van der Waals surface area contributed by atoms with E-state index in [1.165, 1.54) is 27.1 Å². The molecule has 2 aromatic heterocycles. The second-order valence-electron chi connectivity index (χ2n) is 6.33. The Bertz CT molecular complexity index is 916. The van der Waals surface area contributed by atoms with Gasteiger partial charge in [0.15, 0.2) is 17.4 Å². The molecule has 0 spiro atoms. The van der Waals surface area contributed by atoms with Crippen molar-refractivity contribution in [1.29, 1.82) is 0 Å². The minimum absolute atomic E-state index is 0.0698. The van der Waals surface area contributed by atoms with Gasteiger partial charge in [-0.3, -0.25) is 19.7 Å². The summed E-state index contributed by atoms with van der Waals surface area (Å²) in [6.45, 7) is 3.71. The molecule has 11 heteroatoms. The number of ether oxygens (including phenoxy) is 3. The molecule has 0 bridgehead atoms. The van der Waals surface area contributed by atoms with E-state index >= 15 is 0 Å². The molecule has 2 N–H and O–H groups in total. The second-order valence-corrected chi connectivity index (χ2v) is 6.69. The Morgan fingerprint density at radius 3 is 2.39 bits per heavy atom. The molecule has 0 amide bonds. The Morgan fingerprint density at radius 2 is 1.75 bits per heavy atom. The first-order valence-corrected chi connectivity index (χ1v) is 8.87. The van der Waals surface area contributed by atoms with E-state index in [-0.39, 0.29) is 11.8 Å². The van der Waals surface area contributed by atoms with Crippen LogP contribution in [0.1, 0.15) is 32.4 Å². The summed E-state index contributed by atoms with van der Waals surface area (Å²) in [7, 11) is 0. The SMILES string of the molecule is CC(=O)OCC1NC(c2c[nH]c3c(Cl)ncnc23)C(OC(C)=O)C1OC(C)=O. The van der Waals surface area contributed by atoms with E-state index in [0.717, 1.165) is 0 Å². The highest BCUT2D eigenvalue weighted by molar-refractivity contribution is 6.33. The average Bonchev–Trinajstić information content (AvgIpc) is 3.16. The van der Waals surface area contributed by atoms with E-state index < -0.39 is 42.2 Å². The summed E-state index contributed by atoms with van der Waals surface area (Å²) in [5.41, 5.74) is 1.70. The van der Waals surface area contributed by atoms with E-state index in [2.05, 4.69) is 20.3 Å². The lowest BCUT2D eigenvalue weighted by atomic mass is 10.0. The molecule has 28 heavy (non-hydrogen) atoms. The first kappa shape index (κ1) is 20.0. The predicted molar refractivity (Wildman–Crippen MR) is 96.3 cm³/mol. The van der Waals surface area contributed by atoms with Gasteiger partial charge in [0.1, 0.15) is 18.5 Å². The molecule has 1 aliphatic heterocycles. The quantitative estimate of drug-likeness (QED) is 0.421. The van der Waals surface area contributed by atoms with Crippen molar-refractivity contribution in [2.45, 2.75) is 45.1 Å². The maximum absolute atomic E-state index is 11.7. The topological polar surface area (TPSA) is 132 Å². The van der Waals surface area contributed by atoms with E-state index in [1.54, 1.807) is 6.20 Å². The molecule has 1 aliphatic rings. The van der Waals surface area contributed by atoms with Gasteiger partial charge < -0.3 is 19.2 Å². The fraction of sp³-hybridized carbons (Fsp3) is 0.471. The molecule has 10 nitrogen and oxygen atoms in total. The van der Waals surface area contributed by atoms with Gasteiger partial charge in [0.05, 0.1) is 17.6 Å². The van der Waals surface area contributed by atoms with Gasteiger partial charge in [-0.15, -0.1) is 0 Å². The molecule has 4 atom stereocenters. The summed E-state index contributed by atoms with van der Waals surface area (Å²) in [5, 5.41) is 3.46. The summed E-state index contributed by atoms with van der Waals surface area (Å²) < 4.78 is 15.9. The van der Waals surface area contributed by atoms with E-state index in [1.807, 2.05) is 0 Å². The first-order chi connectivity index (χ1) is 13.3. The largest absolute Gasteiger partial charge is 0.464 e. The van der Waals surface area contributed by atoms with Crippen LogP contribution in [0.2, 0.25) is 5.15 Å². The van der Waals surface area contributed by atoms with Gasteiger partial charge in [-0.1, -0.05) is 11.6 Å². The number of carbonyl (C=O) groups excluding carboxylic acids is 3. The zero-order chi connectivity index (χ0) is 20.4. The Hall–Kier alpha value is -2.72. The van der Waals surface area contributed by atoms with Crippen LogP contribution in [0.5, 0.6) is 0 Å². The molecule has 150 valence electrons. The molecule has 0 radical (unpaired) electrons. The third kappa shape index (κ3) is 4.07. The maximum atomic E-state index is 11.7. The number of hydrogen-bond donors (Lipinski definition) is 2. The molecule has 1 fully saturated rings. The zero-order valence-corrected chi connectivity index (χ0v) is 16.1. The van der Waals surface area contributed by atoms with Gasteiger partial charge in [0, 0.05) is 32.5 Å². The number of hydrogen-bond acceptors (Lipinski definition) is 9. The lowest BCUT2D eigenvalue weighted by molar-refractivity contribution is -0.165. The standard InChI is InChI=1S/C17H19ClN4O6/c1-7(23)26-5-11-15(27-8(2)24)16(28-9(3)25)13(22-11)10-4-19-14-12(10)20-6-21-17(14)18/h4,6,11,13,15-16,19,22H,5H2,1-3H3. The normalized spacial score (nSPS) is 24.1. The number of nitrogens with zero attached hydrogens (tertiary/aromatic N) is 2. The average molecular weight is 411 g/mol. The highest BCUT2D eigenvalue weighted by Crippen LogP contribution is 2.36. The minimum atomic E-state index is -0.868. The molecule has 4 unspecified atom stereocenters. The van der Waals surface area contributed by atoms with Crippen LogP contribution >= 0.6 is 11.6 Å². The van der Waals surface area contributed by atoms with Crippen molar-refractivity contribution in [2.24, 2.45) is 0 Å². The number of nitrogens with one attached hydrogen (secondary N) is 2. The maximum Gasteiger partial charge on any atom is 0.303 e. The number of esters is 3. The van der Waals surface area contributed by atoms with Gasteiger partial charge in [-0.25, -0.2) is 9.97 Å². The van der Waals surface area contributed by atoms with Gasteiger partial charge in [-0.2, -0.15) is 0 Å². The van der Waals surface area contributed by atoms with E-state index in [4.69, 9.17) is 25.8 Å². The second kappa shape index (κ2) is 8.11. The van der Waals surface area contributed by atoms with Crippen molar-refractivity contribution in [2.75, 3.05) is 6.61 Å². The van der Waals surface area contributed by atoms with Crippen LogP contribution in [0.25, 0.3) is 11.0 Å². The predicted octanol–water partition coefficient (Wildman–Crippen LogP) is 1.05. The number of rotatable bonds is 5. The third-order valence-corrected chi connectivity index (χ3v) is 4.58. The number of carbonyl (C=O) groups is 3. The van der Waals surface area contributed by atoms with Crippen LogP contribution in [0.4, 0.5) is 0 Å². The monoisotopic (exact) mass is 410 g/mol. The molecule has 0 aliphatic carbocycles. The number of H-pyrrole nitrogens is 1. The summed E-state index contributed by atoms with van der Waals surface area (Å²) in [4.78, 5) is 45.7. The van der Waals surface area contributed by atoms with Crippen LogP contribution in [0, 0.1) is 0 Å². The first-order valence-electron chi connectivity index (χ1n) is 8.49. The lowest BCUT2D eigenvalue weighted by Crippen LogP contribution is -2.41. The lowest BCUT2D eigenvalue weighted by Gasteiger charge is -2.24. The molecule has 0 saturated carbocycles. The highest BCUT2D eigenvalue weighted by atomic mass is 35.5. The zero-order valence-electron chi connectivity index (χ0n) is 15.4. The van der Waals surface area contributed by atoms with Crippen molar-refractivity contribution < 1.29 is 28.6 Å². The highest BCUT2D eigenvalue weighted by Gasteiger charge is 2.49. The Labute approximate surface area is 164 Å². The van der Waals surface area contributed by atoms with Gasteiger partial charge >= 0.3 is 17.9 Å². The number of aromatic nitrogens is 3. The van der Waals surface area contributed by atoms with Crippen molar-refractivity contribution in [1.82, 2.24) is 20.3 Å². The molecule has 3 rings (SSSR count). The van der Waals surface area contributed by atoms with Crippen molar-refractivity contribution in [3.05, 3.63) is 23.2 Å². The third-order valence-electron chi connectivity index (χ3n) is 4.29.